The molecule has 0 aliphatic rings. The number of hydrogen-bond acceptors (Lipinski definition) is 3. The van der Waals surface area contributed by atoms with Crippen molar-refractivity contribution in [1.29, 1.82) is 0 Å². The van der Waals surface area contributed by atoms with Crippen LogP contribution in [0.5, 0.6) is 5.88 Å². The van der Waals surface area contributed by atoms with Crippen molar-refractivity contribution >= 4 is 0 Å². The second-order valence-electron chi connectivity index (χ2n) is 5.33. The zero-order chi connectivity index (χ0) is 15.1. The van der Waals surface area contributed by atoms with E-state index in [1.807, 2.05) is 12.3 Å². The summed E-state index contributed by atoms with van der Waals surface area (Å²) in [6.07, 6.45) is 3.96. The molecule has 0 bridgehead atoms. The number of benzene rings is 1. The van der Waals surface area contributed by atoms with Gasteiger partial charge in [-0.05, 0) is 37.4 Å². The van der Waals surface area contributed by atoms with E-state index < -0.39 is 0 Å². The minimum absolute atomic E-state index is 0.319. The number of aromatic nitrogens is 1. The molecule has 1 unspecified atom stereocenters. The zero-order valence-corrected chi connectivity index (χ0v) is 13.1. The number of methoxy groups -OCH3 is 1. The Hall–Kier alpha value is -1.87. The van der Waals surface area contributed by atoms with Crippen LogP contribution in [0, 0.1) is 6.92 Å². The normalized spacial score (nSPS) is 12.1. The molecule has 21 heavy (non-hydrogen) atoms. The van der Waals surface area contributed by atoms with Crippen LogP contribution in [0.1, 0.15) is 36.1 Å². The molecule has 2 rings (SSSR count). The van der Waals surface area contributed by atoms with Gasteiger partial charge in [-0.15, -0.1) is 0 Å². The Morgan fingerprint density at radius 1 is 1.24 bits per heavy atom. The average molecular weight is 284 g/mol. The molecule has 3 nitrogen and oxygen atoms in total. The van der Waals surface area contributed by atoms with E-state index in [-0.39, 0.29) is 0 Å². The number of hydrogen-bond donors (Lipinski definition) is 1. The van der Waals surface area contributed by atoms with E-state index in [0.29, 0.717) is 11.9 Å². The number of aryl methyl sites for hydroxylation is 1. The molecule has 0 fully saturated rings. The summed E-state index contributed by atoms with van der Waals surface area (Å²) < 4.78 is 5.11. The van der Waals surface area contributed by atoms with Crippen molar-refractivity contribution in [3.8, 4) is 5.88 Å². The summed E-state index contributed by atoms with van der Waals surface area (Å²) in [6, 6.07) is 13.0. The van der Waals surface area contributed by atoms with Crippen LogP contribution in [0.3, 0.4) is 0 Å². The molecule has 3 heteroatoms. The van der Waals surface area contributed by atoms with Crippen molar-refractivity contribution in [2.75, 3.05) is 13.7 Å². The standard InChI is InChI=1S/C18H24N2O/c1-4-10-19-17(16-7-5-6-14(2)11-16)12-15-8-9-18(21-3)20-13-15/h5-9,11,13,17,19H,4,10,12H2,1-3H3. The molecule has 112 valence electrons. The Morgan fingerprint density at radius 3 is 2.71 bits per heavy atom. The third kappa shape index (κ3) is 4.57. The number of rotatable bonds is 7. The molecular formula is C18H24N2O. The van der Waals surface area contributed by atoms with Crippen molar-refractivity contribution in [3.63, 3.8) is 0 Å². The molecule has 0 saturated heterocycles. The Kier molecular flexibility index (Phi) is 5.76. The minimum Gasteiger partial charge on any atom is -0.481 e. The predicted octanol–water partition coefficient (Wildman–Crippen LogP) is 3.68. The lowest BCUT2D eigenvalue weighted by molar-refractivity contribution is 0.397. The fourth-order valence-corrected chi connectivity index (χ4v) is 2.40. The van der Waals surface area contributed by atoms with Gasteiger partial charge in [0, 0.05) is 18.3 Å². The highest BCUT2D eigenvalue weighted by molar-refractivity contribution is 5.27. The molecule has 1 N–H and O–H groups in total. The first kappa shape index (κ1) is 15.5. The largest absolute Gasteiger partial charge is 0.481 e. The highest BCUT2D eigenvalue weighted by atomic mass is 16.5. The maximum Gasteiger partial charge on any atom is 0.212 e. The Morgan fingerprint density at radius 2 is 2.10 bits per heavy atom. The van der Waals surface area contributed by atoms with Gasteiger partial charge in [0.05, 0.1) is 7.11 Å². The van der Waals surface area contributed by atoms with E-state index in [2.05, 4.69) is 54.5 Å². The number of pyridine rings is 1. The zero-order valence-electron chi connectivity index (χ0n) is 13.1. The van der Waals surface area contributed by atoms with E-state index in [9.17, 15) is 0 Å². The van der Waals surface area contributed by atoms with Gasteiger partial charge in [0.15, 0.2) is 0 Å². The molecule has 1 aromatic heterocycles. The van der Waals surface area contributed by atoms with Gasteiger partial charge in [-0.3, -0.25) is 0 Å². The average Bonchev–Trinajstić information content (AvgIpc) is 2.52. The topological polar surface area (TPSA) is 34.1 Å². The fourth-order valence-electron chi connectivity index (χ4n) is 2.40. The van der Waals surface area contributed by atoms with Gasteiger partial charge in [0.25, 0.3) is 0 Å². The second-order valence-corrected chi connectivity index (χ2v) is 5.33. The summed E-state index contributed by atoms with van der Waals surface area (Å²) in [5.41, 5.74) is 3.84. The molecule has 1 heterocycles. The molecule has 0 saturated carbocycles. The Labute approximate surface area is 127 Å². The monoisotopic (exact) mass is 284 g/mol. The molecule has 1 atom stereocenters. The molecule has 0 amide bonds. The highest BCUT2D eigenvalue weighted by Crippen LogP contribution is 2.20. The predicted molar refractivity (Wildman–Crippen MR) is 86.7 cm³/mol. The second kappa shape index (κ2) is 7.79. The van der Waals surface area contributed by atoms with Gasteiger partial charge in [-0.2, -0.15) is 0 Å². The third-order valence-electron chi connectivity index (χ3n) is 3.53. The van der Waals surface area contributed by atoms with Crippen LogP contribution in [-0.4, -0.2) is 18.6 Å². The third-order valence-corrected chi connectivity index (χ3v) is 3.53. The lowest BCUT2D eigenvalue weighted by Crippen LogP contribution is -2.24. The smallest absolute Gasteiger partial charge is 0.212 e. The van der Waals surface area contributed by atoms with Crippen molar-refractivity contribution < 1.29 is 4.74 Å². The highest BCUT2D eigenvalue weighted by Gasteiger charge is 2.12. The Bertz CT molecular complexity index is 551. The van der Waals surface area contributed by atoms with Crippen molar-refractivity contribution in [1.82, 2.24) is 10.3 Å². The van der Waals surface area contributed by atoms with E-state index in [1.54, 1.807) is 7.11 Å². The van der Waals surface area contributed by atoms with Gasteiger partial charge >= 0.3 is 0 Å². The number of nitrogens with one attached hydrogen (secondary N) is 1. The first-order valence-corrected chi connectivity index (χ1v) is 7.51. The van der Waals surface area contributed by atoms with Crippen LogP contribution in [0.25, 0.3) is 0 Å². The molecule has 0 spiro atoms. The maximum atomic E-state index is 5.11. The molecule has 2 aromatic rings. The van der Waals surface area contributed by atoms with E-state index >= 15 is 0 Å². The van der Waals surface area contributed by atoms with Gasteiger partial charge < -0.3 is 10.1 Å². The maximum absolute atomic E-state index is 5.11. The van der Waals surface area contributed by atoms with E-state index in [1.165, 1.54) is 16.7 Å². The van der Waals surface area contributed by atoms with Gasteiger partial charge in [-0.1, -0.05) is 42.8 Å². The van der Waals surface area contributed by atoms with Crippen molar-refractivity contribution in [2.45, 2.75) is 32.7 Å². The molecule has 0 aliphatic heterocycles. The van der Waals surface area contributed by atoms with Crippen LogP contribution >= 0.6 is 0 Å². The van der Waals surface area contributed by atoms with Gasteiger partial charge in [-0.25, -0.2) is 4.98 Å². The first-order chi connectivity index (χ1) is 10.2. The first-order valence-electron chi connectivity index (χ1n) is 7.51. The van der Waals surface area contributed by atoms with Crippen LogP contribution in [-0.2, 0) is 6.42 Å². The fraction of sp³-hybridized carbons (Fsp3) is 0.389. The van der Waals surface area contributed by atoms with Crippen molar-refractivity contribution in [3.05, 3.63) is 59.3 Å². The van der Waals surface area contributed by atoms with Gasteiger partial charge in [0.2, 0.25) is 5.88 Å². The van der Waals surface area contributed by atoms with Crippen LogP contribution in [0.2, 0.25) is 0 Å². The summed E-state index contributed by atoms with van der Waals surface area (Å²) >= 11 is 0. The molecule has 0 radical (unpaired) electrons. The molecule has 1 aromatic carbocycles. The summed E-state index contributed by atoms with van der Waals surface area (Å²) in [5.74, 6) is 0.660. The molecule has 0 aliphatic carbocycles. The quantitative estimate of drug-likeness (QED) is 0.842. The Balaban J connectivity index is 2.15. The number of ether oxygens (including phenoxy) is 1. The number of nitrogens with zero attached hydrogens (tertiary/aromatic N) is 1. The lowest BCUT2D eigenvalue weighted by Gasteiger charge is -2.19. The summed E-state index contributed by atoms with van der Waals surface area (Å²) in [5, 5.41) is 3.63. The minimum atomic E-state index is 0.319. The van der Waals surface area contributed by atoms with Crippen LogP contribution in [0.4, 0.5) is 0 Å². The van der Waals surface area contributed by atoms with Crippen LogP contribution in [0.15, 0.2) is 42.6 Å². The summed E-state index contributed by atoms with van der Waals surface area (Å²) in [4.78, 5) is 4.29. The van der Waals surface area contributed by atoms with Gasteiger partial charge in [0.1, 0.15) is 0 Å². The summed E-state index contributed by atoms with van der Waals surface area (Å²) in [6.45, 7) is 5.34. The SMILES string of the molecule is CCCNC(Cc1ccc(OC)nc1)c1cccc(C)c1. The van der Waals surface area contributed by atoms with Crippen molar-refractivity contribution in [2.24, 2.45) is 0 Å². The van der Waals surface area contributed by atoms with E-state index in [4.69, 9.17) is 4.74 Å². The van der Waals surface area contributed by atoms with E-state index in [0.717, 1.165) is 19.4 Å². The summed E-state index contributed by atoms with van der Waals surface area (Å²) in [7, 11) is 1.64. The van der Waals surface area contributed by atoms with Crippen LogP contribution < -0.4 is 10.1 Å². The lowest BCUT2D eigenvalue weighted by atomic mass is 9.98. The molecular weight excluding hydrogens is 260 g/mol.